The van der Waals surface area contributed by atoms with Crippen molar-refractivity contribution in [1.29, 1.82) is 0 Å². The first-order valence-corrected chi connectivity index (χ1v) is 13.5. The summed E-state index contributed by atoms with van der Waals surface area (Å²) in [7, 11) is -7.73. The van der Waals surface area contributed by atoms with Crippen molar-refractivity contribution in [3.8, 4) is 0 Å². The van der Waals surface area contributed by atoms with Crippen molar-refractivity contribution < 1.29 is 26.0 Å². The van der Waals surface area contributed by atoms with Crippen molar-refractivity contribution in [1.82, 2.24) is 5.32 Å². The van der Waals surface area contributed by atoms with E-state index in [0.29, 0.717) is 6.42 Å². The van der Waals surface area contributed by atoms with E-state index < -0.39 is 31.6 Å². The number of sulfonamides is 1. The zero-order chi connectivity index (χ0) is 24.9. The molecule has 3 aromatic rings. The number of carbonyl (C=O) groups is 1. The Balaban J connectivity index is 1.75. The van der Waals surface area contributed by atoms with E-state index in [1.807, 2.05) is 30.3 Å². The van der Waals surface area contributed by atoms with Crippen LogP contribution in [0.4, 0.5) is 10.1 Å². The second-order valence-corrected chi connectivity index (χ2v) is 11.2. The van der Waals surface area contributed by atoms with Crippen LogP contribution >= 0.6 is 0 Å². The molecule has 3 rings (SSSR count). The van der Waals surface area contributed by atoms with Gasteiger partial charge in [-0.25, -0.2) is 21.2 Å². The van der Waals surface area contributed by atoms with Gasteiger partial charge in [0.1, 0.15) is 5.82 Å². The largest absolute Gasteiger partial charge is 0.352 e. The third-order valence-electron chi connectivity index (χ3n) is 4.93. The fourth-order valence-corrected chi connectivity index (χ4v) is 4.81. The summed E-state index contributed by atoms with van der Waals surface area (Å²) >= 11 is 0. The van der Waals surface area contributed by atoms with Crippen LogP contribution in [0.15, 0.2) is 89.2 Å². The number of rotatable bonds is 9. The predicted octanol–water partition coefficient (Wildman–Crippen LogP) is 3.86. The van der Waals surface area contributed by atoms with Crippen molar-refractivity contribution >= 4 is 37.0 Å². The number of benzene rings is 3. The molecule has 2 N–H and O–H groups in total. The van der Waals surface area contributed by atoms with Crippen molar-refractivity contribution in [2.45, 2.75) is 16.2 Å². The minimum absolute atomic E-state index is 0.0469. The number of nitrogens with one attached hydrogen (secondary N) is 2. The van der Waals surface area contributed by atoms with E-state index in [2.05, 4.69) is 16.6 Å². The molecule has 1 amide bonds. The number of carbonyl (C=O) groups excluding carboxylic acids is 1. The van der Waals surface area contributed by atoms with Crippen LogP contribution in [0.3, 0.4) is 0 Å². The van der Waals surface area contributed by atoms with Crippen molar-refractivity contribution in [3.05, 3.63) is 96.3 Å². The molecule has 0 atom stereocenters. The molecule has 3 aromatic carbocycles. The quantitative estimate of drug-likeness (QED) is 0.462. The highest BCUT2D eigenvalue weighted by Crippen LogP contribution is 2.23. The summed E-state index contributed by atoms with van der Waals surface area (Å²) in [5.41, 5.74) is 1.45. The molecule has 0 fully saturated rings. The summed E-state index contributed by atoms with van der Waals surface area (Å²) in [6.07, 6.45) is 1.46. The Morgan fingerprint density at radius 3 is 2.15 bits per heavy atom. The highest BCUT2D eigenvalue weighted by Gasteiger charge is 2.20. The molecule has 34 heavy (non-hydrogen) atoms. The molecule has 10 heteroatoms. The summed E-state index contributed by atoms with van der Waals surface area (Å²) in [5, 5.41) is 2.69. The van der Waals surface area contributed by atoms with Gasteiger partial charge in [0.15, 0.2) is 9.84 Å². The fourth-order valence-electron chi connectivity index (χ4n) is 3.11. The lowest BCUT2D eigenvalue weighted by Gasteiger charge is -2.14. The molecule has 0 bridgehead atoms. The first-order chi connectivity index (χ1) is 16.0. The van der Waals surface area contributed by atoms with Gasteiger partial charge in [0.2, 0.25) is 0 Å². The minimum atomic E-state index is -4.22. The number of anilines is 1. The van der Waals surface area contributed by atoms with E-state index in [-0.39, 0.29) is 27.6 Å². The van der Waals surface area contributed by atoms with E-state index in [1.54, 1.807) is 0 Å². The average molecular weight is 503 g/mol. The molecule has 0 aromatic heterocycles. The fraction of sp³-hybridized carbons (Fsp3) is 0.125. The first kappa shape index (κ1) is 25.1. The Kier molecular flexibility index (Phi) is 7.53. The van der Waals surface area contributed by atoms with Gasteiger partial charge < -0.3 is 5.32 Å². The molecule has 0 aliphatic carbocycles. The highest BCUT2D eigenvalue weighted by molar-refractivity contribution is 7.92. The second kappa shape index (κ2) is 10.2. The molecule has 0 spiro atoms. The molecular formula is C24H23FN2O5S2. The normalized spacial score (nSPS) is 11.6. The maximum Gasteiger partial charge on any atom is 0.261 e. The van der Waals surface area contributed by atoms with Crippen LogP contribution in [0.2, 0.25) is 0 Å². The summed E-state index contributed by atoms with van der Waals surface area (Å²) in [5.74, 6) is -1.33. The van der Waals surface area contributed by atoms with Crippen molar-refractivity contribution in [2.75, 3.05) is 17.5 Å². The van der Waals surface area contributed by atoms with Crippen molar-refractivity contribution in [2.24, 2.45) is 0 Å². The molecule has 0 saturated heterocycles. The Bertz CT molecular complexity index is 1420. The summed E-state index contributed by atoms with van der Waals surface area (Å²) in [4.78, 5) is 12.4. The van der Waals surface area contributed by atoms with Gasteiger partial charge in [-0.1, -0.05) is 36.9 Å². The number of halogens is 1. The SMILES string of the molecule is C=C(CCNC(=O)c1ccc(F)cc1NS(=O)(=O)c1ccc(S(C)(=O)=O)cc1)c1ccccc1. The molecule has 178 valence electrons. The third-order valence-corrected chi connectivity index (χ3v) is 7.44. The monoisotopic (exact) mass is 502 g/mol. The van der Waals surface area contributed by atoms with Crippen LogP contribution in [0.25, 0.3) is 5.57 Å². The zero-order valence-corrected chi connectivity index (χ0v) is 19.9. The number of sulfone groups is 1. The van der Waals surface area contributed by atoms with Gasteiger partial charge >= 0.3 is 0 Å². The van der Waals surface area contributed by atoms with Crippen LogP contribution in [0.1, 0.15) is 22.3 Å². The van der Waals surface area contributed by atoms with Crippen LogP contribution in [0, 0.1) is 5.82 Å². The van der Waals surface area contributed by atoms with E-state index >= 15 is 0 Å². The lowest BCUT2D eigenvalue weighted by atomic mass is 10.0. The van der Waals surface area contributed by atoms with Crippen LogP contribution in [0.5, 0.6) is 0 Å². The molecule has 0 aliphatic rings. The smallest absolute Gasteiger partial charge is 0.261 e. The number of amides is 1. The van der Waals surface area contributed by atoms with E-state index in [4.69, 9.17) is 0 Å². The molecule has 0 aliphatic heterocycles. The minimum Gasteiger partial charge on any atom is -0.352 e. The van der Waals surface area contributed by atoms with Gasteiger partial charge in [-0.2, -0.15) is 0 Å². The van der Waals surface area contributed by atoms with E-state index in [9.17, 15) is 26.0 Å². The summed E-state index contributed by atoms with van der Waals surface area (Å²) < 4.78 is 64.8. The van der Waals surface area contributed by atoms with Gasteiger partial charge in [0, 0.05) is 12.8 Å². The van der Waals surface area contributed by atoms with Crippen LogP contribution in [-0.2, 0) is 19.9 Å². The number of hydrogen-bond acceptors (Lipinski definition) is 5. The van der Waals surface area contributed by atoms with Crippen LogP contribution in [-0.4, -0.2) is 35.5 Å². The molecule has 7 nitrogen and oxygen atoms in total. The lowest BCUT2D eigenvalue weighted by molar-refractivity contribution is 0.0955. The van der Waals surface area contributed by atoms with E-state index in [0.717, 1.165) is 53.8 Å². The van der Waals surface area contributed by atoms with Crippen molar-refractivity contribution in [3.63, 3.8) is 0 Å². The maximum absolute atomic E-state index is 13.9. The van der Waals surface area contributed by atoms with Gasteiger partial charge in [-0.15, -0.1) is 0 Å². The highest BCUT2D eigenvalue weighted by atomic mass is 32.2. The number of hydrogen-bond donors (Lipinski definition) is 2. The van der Waals surface area contributed by atoms with E-state index in [1.165, 1.54) is 6.07 Å². The topological polar surface area (TPSA) is 109 Å². The Morgan fingerprint density at radius 2 is 1.53 bits per heavy atom. The average Bonchev–Trinajstić information content (AvgIpc) is 2.79. The third kappa shape index (κ3) is 6.30. The summed E-state index contributed by atoms with van der Waals surface area (Å²) in [6, 6.07) is 17.1. The van der Waals surface area contributed by atoms with Gasteiger partial charge in [-0.05, 0) is 60.0 Å². The van der Waals surface area contributed by atoms with Gasteiger partial charge in [-0.3, -0.25) is 9.52 Å². The zero-order valence-electron chi connectivity index (χ0n) is 18.3. The lowest BCUT2D eigenvalue weighted by Crippen LogP contribution is -2.26. The Hall–Kier alpha value is -3.50. The molecule has 0 heterocycles. The second-order valence-electron chi connectivity index (χ2n) is 7.51. The standard InChI is InChI=1S/C24H23FN2O5S2/c1-17(18-6-4-3-5-7-18)14-15-26-24(28)22-13-8-19(25)16-23(22)27-34(31,32)21-11-9-20(10-12-21)33(2,29)30/h3-13,16,27H,1,14-15H2,2H3,(H,26,28). The Labute approximate surface area is 198 Å². The van der Waals surface area contributed by atoms with Gasteiger partial charge in [0.25, 0.3) is 15.9 Å². The maximum atomic E-state index is 13.9. The summed E-state index contributed by atoms with van der Waals surface area (Å²) in [6.45, 7) is 4.24. The molecular weight excluding hydrogens is 479 g/mol. The molecule has 0 saturated carbocycles. The molecule has 0 unspecified atom stereocenters. The van der Waals surface area contributed by atoms with Crippen LogP contribution < -0.4 is 10.0 Å². The molecule has 0 radical (unpaired) electrons. The van der Waals surface area contributed by atoms with Gasteiger partial charge in [0.05, 0.1) is 21.0 Å². The Morgan fingerprint density at radius 1 is 0.912 bits per heavy atom. The first-order valence-electron chi connectivity index (χ1n) is 10.1. The predicted molar refractivity (Wildman–Crippen MR) is 129 cm³/mol.